The molecule has 6 atom stereocenters. The molecule has 12 heteroatoms. The van der Waals surface area contributed by atoms with E-state index in [2.05, 4.69) is 69.2 Å². The van der Waals surface area contributed by atoms with Gasteiger partial charge in [0.2, 0.25) is 0 Å². The maximum atomic E-state index is 11.8. The van der Waals surface area contributed by atoms with Gasteiger partial charge in [-0.05, 0) is 145 Å². The molecule has 6 aromatic rings. The molecule has 3 aliphatic heterocycles. The maximum Gasteiger partial charge on any atom is 0.161 e. The van der Waals surface area contributed by atoms with Crippen LogP contribution < -0.4 is 30.2 Å². The highest BCUT2D eigenvalue weighted by atomic mass is 16.6. The number of H-pyrrole nitrogens is 1. The number of aliphatic hydroxyl groups excluding tert-OH is 2. The summed E-state index contributed by atoms with van der Waals surface area (Å²) in [7, 11) is 1.86. The number of phenolic OH excluding ortho intramolecular Hbond substituents is 2. The van der Waals surface area contributed by atoms with Crippen molar-refractivity contribution in [3.8, 4) is 51.7 Å². The fraction of sp³-hybridized carbons (Fsp3) is 0.382. The molecule has 4 aliphatic rings. The number of nitrogens with one attached hydrogen (secondary N) is 4. The zero-order valence-electron chi connectivity index (χ0n) is 38.2. The molecule has 0 saturated heterocycles. The number of benzene rings is 5. The summed E-state index contributed by atoms with van der Waals surface area (Å²) in [6, 6.07) is 27.9. The van der Waals surface area contributed by atoms with Gasteiger partial charge in [-0.15, -0.1) is 0 Å². The van der Waals surface area contributed by atoms with Gasteiger partial charge < -0.3 is 49.7 Å². The predicted octanol–water partition coefficient (Wildman–Crippen LogP) is 6.88. The van der Waals surface area contributed by atoms with Crippen molar-refractivity contribution in [2.75, 3.05) is 40.2 Å². The number of aromatic hydroxyl groups is 2. The highest BCUT2D eigenvalue weighted by Gasteiger charge is 2.54. The van der Waals surface area contributed by atoms with E-state index in [-0.39, 0.29) is 37.4 Å². The first-order chi connectivity index (χ1) is 32.7. The number of fused-ring (bicyclic) bond motifs is 13. The first-order valence-electron chi connectivity index (χ1n) is 23.7. The molecule has 0 radical (unpaired) electrons. The van der Waals surface area contributed by atoms with E-state index < -0.39 is 30.0 Å². The highest BCUT2D eigenvalue weighted by molar-refractivity contribution is 5.85. The van der Waals surface area contributed by atoms with E-state index in [9.17, 15) is 20.4 Å². The molecule has 0 fully saturated rings. The zero-order chi connectivity index (χ0) is 46.1. The Labute approximate surface area is 391 Å². The Morgan fingerprint density at radius 2 is 1.82 bits per heavy atom. The summed E-state index contributed by atoms with van der Waals surface area (Å²) >= 11 is 0. The van der Waals surface area contributed by atoms with Gasteiger partial charge in [0.25, 0.3) is 0 Å². The maximum absolute atomic E-state index is 11.8. The summed E-state index contributed by atoms with van der Waals surface area (Å²) in [5, 5.41) is 55.1. The highest BCUT2D eigenvalue weighted by Crippen LogP contribution is 2.58. The number of aromatic nitrogens is 1. The lowest BCUT2D eigenvalue weighted by molar-refractivity contribution is -0.141. The van der Waals surface area contributed by atoms with Crippen molar-refractivity contribution in [3.63, 3.8) is 0 Å². The van der Waals surface area contributed by atoms with Crippen LogP contribution in [0.25, 0.3) is 22.0 Å². The number of aliphatic hydroxyl groups is 2. The monoisotopic (exact) mass is 904 g/mol. The number of rotatable bonds is 14. The summed E-state index contributed by atoms with van der Waals surface area (Å²) in [6.07, 6.45) is 4.84. The lowest BCUT2D eigenvalue weighted by Gasteiger charge is -2.49. The van der Waals surface area contributed by atoms with Crippen molar-refractivity contribution < 1.29 is 39.4 Å². The van der Waals surface area contributed by atoms with Crippen LogP contribution in [0, 0.1) is 11.8 Å². The quantitative estimate of drug-likeness (QED) is 0.0326. The summed E-state index contributed by atoms with van der Waals surface area (Å²) in [5.41, 5.74) is 9.75. The number of hydrogen-bond acceptors (Lipinski definition) is 11. The SMILES string of the molecule is CNCOC12Cc3c4c(c5c(c3OC1c1cc(CCc3ccccc3)c(O)c(c1)OCCC#CC2NCNCC(C)O)CCC(CO)O5)-c1ccc(O)cc1C(Cc1ccc2[nH]ccc2c1)C4. The van der Waals surface area contributed by atoms with Gasteiger partial charge in [-0.25, -0.2) is 0 Å². The van der Waals surface area contributed by atoms with E-state index in [4.69, 9.17) is 18.9 Å². The van der Waals surface area contributed by atoms with E-state index in [0.717, 1.165) is 73.1 Å². The van der Waals surface area contributed by atoms with Crippen molar-refractivity contribution in [2.24, 2.45) is 0 Å². The molecule has 1 aromatic heterocycles. The minimum Gasteiger partial charge on any atom is -0.508 e. The van der Waals surface area contributed by atoms with Crippen LogP contribution in [0.2, 0.25) is 0 Å². The number of ether oxygens (including phenoxy) is 4. The third-order valence-corrected chi connectivity index (χ3v) is 13.9. The van der Waals surface area contributed by atoms with Crippen LogP contribution in [0.4, 0.5) is 0 Å². The van der Waals surface area contributed by atoms with Gasteiger partial charge >= 0.3 is 0 Å². The van der Waals surface area contributed by atoms with Gasteiger partial charge in [0, 0.05) is 54.5 Å². The average molecular weight is 905 g/mol. The van der Waals surface area contributed by atoms with Gasteiger partial charge in [-0.1, -0.05) is 54.3 Å². The molecule has 348 valence electrons. The second kappa shape index (κ2) is 19.3. The van der Waals surface area contributed by atoms with Crippen molar-refractivity contribution in [3.05, 3.63) is 136 Å². The molecule has 10 rings (SSSR count). The molecule has 6 unspecified atom stereocenters. The van der Waals surface area contributed by atoms with Crippen molar-refractivity contribution in [1.29, 1.82) is 0 Å². The van der Waals surface area contributed by atoms with Crippen molar-refractivity contribution in [1.82, 2.24) is 20.9 Å². The second-order valence-electron chi connectivity index (χ2n) is 18.5. The Morgan fingerprint density at radius 3 is 2.66 bits per heavy atom. The first kappa shape index (κ1) is 44.8. The molecule has 5 aromatic carbocycles. The Morgan fingerprint density at radius 1 is 0.940 bits per heavy atom. The molecular formula is C55H60N4O8. The normalized spacial score (nSPS) is 21.9. The average Bonchev–Trinajstić information content (AvgIpc) is 3.81. The topological polar surface area (TPSA) is 170 Å². The molecule has 1 aliphatic carbocycles. The Kier molecular flexibility index (Phi) is 12.9. The van der Waals surface area contributed by atoms with Gasteiger partial charge in [0.1, 0.15) is 35.0 Å². The van der Waals surface area contributed by atoms with Gasteiger partial charge in [0.15, 0.2) is 17.6 Å². The number of aromatic amines is 1. The smallest absolute Gasteiger partial charge is 0.161 e. The largest absolute Gasteiger partial charge is 0.508 e. The second-order valence-corrected chi connectivity index (χ2v) is 18.5. The summed E-state index contributed by atoms with van der Waals surface area (Å²) in [5.74, 6) is 9.07. The molecule has 0 amide bonds. The number of hydrogen-bond donors (Lipinski definition) is 8. The number of aryl methyl sites for hydroxylation is 2. The fourth-order valence-electron chi connectivity index (χ4n) is 10.7. The summed E-state index contributed by atoms with van der Waals surface area (Å²) in [6.45, 7) is 2.78. The third kappa shape index (κ3) is 8.84. The molecular weight excluding hydrogens is 845 g/mol. The molecule has 4 heterocycles. The fourth-order valence-corrected chi connectivity index (χ4v) is 10.7. The summed E-state index contributed by atoms with van der Waals surface area (Å²) in [4.78, 5) is 3.32. The van der Waals surface area contributed by atoms with Crippen molar-refractivity contribution in [2.45, 2.75) is 94.2 Å². The van der Waals surface area contributed by atoms with E-state index in [1.165, 1.54) is 5.56 Å². The van der Waals surface area contributed by atoms with Gasteiger partial charge in [0.05, 0.1) is 26.0 Å². The van der Waals surface area contributed by atoms with Crippen LogP contribution in [0.3, 0.4) is 0 Å². The zero-order valence-corrected chi connectivity index (χ0v) is 38.2. The lowest BCUT2D eigenvalue weighted by Crippen LogP contribution is -2.62. The Hall–Kier alpha value is -6.04. The van der Waals surface area contributed by atoms with Gasteiger partial charge in [-0.3, -0.25) is 10.6 Å². The molecule has 0 spiro atoms. The number of phenols is 2. The molecule has 2 bridgehead atoms. The van der Waals surface area contributed by atoms with Crippen molar-refractivity contribution >= 4 is 10.9 Å². The van der Waals surface area contributed by atoms with E-state index in [1.807, 2.05) is 55.7 Å². The molecule has 0 saturated carbocycles. The molecule has 67 heavy (non-hydrogen) atoms. The Bertz CT molecular complexity index is 2810. The van der Waals surface area contributed by atoms with E-state index in [0.29, 0.717) is 69.7 Å². The van der Waals surface area contributed by atoms with Crippen LogP contribution in [0.5, 0.6) is 28.7 Å². The molecule has 8 N–H and O–H groups in total. The van der Waals surface area contributed by atoms with Crippen LogP contribution in [-0.2, 0) is 43.3 Å². The Balaban J connectivity index is 1.18. The minimum atomic E-state index is -1.18. The van der Waals surface area contributed by atoms with E-state index >= 15 is 0 Å². The van der Waals surface area contributed by atoms with Crippen LogP contribution >= 0.6 is 0 Å². The first-order valence-corrected chi connectivity index (χ1v) is 23.7. The standard InChI is InChI=1S/C55H60N4O8/c1-33(61)29-57-31-59-49-10-6-7-21-64-48-26-39(24-37(51(48)63)13-11-34-8-4-3-5-9-34)54-55(49,65-32-56-2)28-46-45-25-38(23-35-12-18-47-36(22-35)19-20-58-47)44-27-40(62)14-16-42(44)50(45)53-43(52(46)67-54)17-15-41(30-60)66-53/h3-5,8-9,12,14,16,18-20,22,24,26-27,33,38,41,49,54,56-63H,7,11,13,15,17,21,23,25,28-32H2,1-2H3. The van der Waals surface area contributed by atoms with E-state index in [1.54, 1.807) is 13.0 Å². The predicted molar refractivity (Wildman–Crippen MR) is 258 cm³/mol. The van der Waals surface area contributed by atoms with Crippen LogP contribution in [0.1, 0.15) is 76.3 Å². The minimum absolute atomic E-state index is 0.0211. The van der Waals surface area contributed by atoms with Crippen LogP contribution in [-0.4, -0.2) is 89.5 Å². The van der Waals surface area contributed by atoms with Crippen LogP contribution in [0.15, 0.2) is 91.1 Å². The molecule has 12 nitrogen and oxygen atoms in total. The summed E-state index contributed by atoms with van der Waals surface area (Å²) < 4.78 is 28.1. The van der Waals surface area contributed by atoms with Gasteiger partial charge in [-0.2, -0.15) is 0 Å². The lowest BCUT2D eigenvalue weighted by atomic mass is 9.69. The third-order valence-electron chi connectivity index (χ3n) is 13.9.